The van der Waals surface area contributed by atoms with Gasteiger partial charge in [-0.05, 0) is 13.8 Å². The van der Waals surface area contributed by atoms with E-state index in [-0.39, 0.29) is 18.4 Å². The predicted octanol–water partition coefficient (Wildman–Crippen LogP) is 1.06. The van der Waals surface area contributed by atoms with Crippen molar-refractivity contribution in [2.75, 3.05) is 6.61 Å². The Morgan fingerprint density at radius 2 is 1.62 bits per heavy atom. The molecule has 0 aliphatic carbocycles. The number of carboxylic acid groups (broad SMARTS) is 2. The van der Waals surface area contributed by atoms with Gasteiger partial charge in [0.05, 0.1) is 19.4 Å². The first kappa shape index (κ1) is 16.6. The number of esters is 1. The minimum atomic E-state index is -0.979. The number of carbonyl (C=O) groups is 3. The molecular formula is C10H16O6. The first-order valence-corrected chi connectivity index (χ1v) is 4.57. The third-order valence-electron chi connectivity index (χ3n) is 1.21. The zero-order valence-electron chi connectivity index (χ0n) is 9.36. The highest BCUT2D eigenvalue weighted by molar-refractivity contribution is 5.84. The molecule has 0 rings (SSSR count). The van der Waals surface area contributed by atoms with E-state index in [0.29, 0.717) is 6.61 Å². The number of aliphatic carboxylic acids is 2. The summed E-state index contributed by atoms with van der Waals surface area (Å²) in [7, 11) is 0. The second kappa shape index (κ2) is 9.70. The van der Waals surface area contributed by atoms with Crippen molar-refractivity contribution in [2.24, 2.45) is 0 Å². The lowest BCUT2D eigenvalue weighted by atomic mass is 10.3. The van der Waals surface area contributed by atoms with Crippen molar-refractivity contribution >= 4 is 17.9 Å². The number of hydrogen-bond acceptors (Lipinski definition) is 4. The van der Waals surface area contributed by atoms with Crippen LogP contribution in [0.4, 0.5) is 0 Å². The summed E-state index contributed by atoms with van der Waals surface area (Å²) < 4.78 is 4.49. The fourth-order valence-electron chi connectivity index (χ4n) is 0.442. The molecule has 6 nitrogen and oxygen atoms in total. The van der Waals surface area contributed by atoms with E-state index in [2.05, 4.69) is 11.3 Å². The van der Waals surface area contributed by atoms with Crippen LogP contribution in [0.15, 0.2) is 12.2 Å². The average molecular weight is 232 g/mol. The van der Waals surface area contributed by atoms with E-state index in [1.165, 1.54) is 6.92 Å². The molecular weight excluding hydrogens is 216 g/mol. The monoisotopic (exact) mass is 232 g/mol. The fraction of sp³-hybridized carbons (Fsp3) is 0.500. The summed E-state index contributed by atoms with van der Waals surface area (Å²) in [5.41, 5.74) is 0.176. The van der Waals surface area contributed by atoms with Crippen molar-refractivity contribution in [3.63, 3.8) is 0 Å². The molecule has 92 valence electrons. The normalized spacial score (nSPS) is 8.38. The molecule has 0 aromatic carbocycles. The van der Waals surface area contributed by atoms with Crippen molar-refractivity contribution < 1.29 is 29.3 Å². The Labute approximate surface area is 93.5 Å². The molecule has 0 amide bonds. The van der Waals surface area contributed by atoms with Gasteiger partial charge in [0.2, 0.25) is 0 Å². The number of carboxylic acids is 2. The second-order valence-corrected chi connectivity index (χ2v) is 2.78. The van der Waals surface area contributed by atoms with Crippen LogP contribution >= 0.6 is 0 Å². The maximum Gasteiger partial charge on any atom is 0.330 e. The first-order chi connectivity index (χ1) is 7.31. The highest BCUT2D eigenvalue weighted by Crippen LogP contribution is 1.91. The van der Waals surface area contributed by atoms with Gasteiger partial charge in [-0.1, -0.05) is 6.58 Å². The van der Waals surface area contributed by atoms with E-state index in [4.69, 9.17) is 10.2 Å². The van der Waals surface area contributed by atoms with Crippen LogP contribution in [-0.2, 0) is 19.1 Å². The van der Waals surface area contributed by atoms with Gasteiger partial charge in [0.15, 0.2) is 0 Å². The maximum absolute atomic E-state index is 10.5. The predicted molar refractivity (Wildman–Crippen MR) is 56.0 cm³/mol. The van der Waals surface area contributed by atoms with Gasteiger partial charge in [-0.25, -0.2) is 4.79 Å². The fourth-order valence-corrected chi connectivity index (χ4v) is 0.442. The van der Waals surface area contributed by atoms with E-state index >= 15 is 0 Å². The maximum atomic E-state index is 10.5. The van der Waals surface area contributed by atoms with Gasteiger partial charge in [0.25, 0.3) is 0 Å². The van der Waals surface area contributed by atoms with Gasteiger partial charge in [-0.2, -0.15) is 0 Å². The Hall–Kier alpha value is -1.85. The van der Waals surface area contributed by atoms with E-state index in [1.807, 2.05) is 0 Å². The molecule has 0 aromatic rings. The van der Waals surface area contributed by atoms with Crippen molar-refractivity contribution in [3.8, 4) is 0 Å². The van der Waals surface area contributed by atoms with Crippen molar-refractivity contribution in [2.45, 2.75) is 26.7 Å². The van der Waals surface area contributed by atoms with Crippen LogP contribution in [0.25, 0.3) is 0 Å². The van der Waals surface area contributed by atoms with Crippen LogP contribution < -0.4 is 0 Å². The minimum absolute atomic E-state index is 0.0385. The molecule has 0 atom stereocenters. The quantitative estimate of drug-likeness (QED) is 0.543. The third-order valence-corrected chi connectivity index (χ3v) is 1.21. The Kier molecular flexibility index (Phi) is 10.0. The van der Waals surface area contributed by atoms with Gasteiger partial charge in [-0.3, -0.25) is 9.59 Å². The molecule has 0 fully saturated rings. The molecule has 6 heteroatoms. The molecule has 0 saturated carbocycles. The number of hydrogen-bond donors (Lipinski definition) is 2. The Balaban J connectivity index is 0. The Morgan fingerprint density at radius 1 is 1.19 bits per heavy atom. The first-order valence-electron chi connectivity index (χ1n) is 4.57. The lowest BCUT2D eigenvalue weighted by Crippen LogP contribution is -2.06. The zero-order chi connectivity index (χ0) is 13.1. The van der Waals surface area contributed by atoms with Crippen LogP contribution in [0.1, 0.15) is 26.7 Å². The lowest BCUT2D eigenvalue weighted by molar-refractivity contribution is -0.147. The molecule has 0 radical (unpaired) electrons. The van der Waals surface area contributed by atoms with Crippen molar-refractivity contribution in [1.82, 2.24) is 0 Å². The summed E-state index contributed by atoms with van der Waals surface area (Å²) in [6, 6.07) is 0. The SMILES string of the molecule is C=C(C)C(=O)O.CCOC(=O)CCC(=O)O. The van der Waals surface area contributed by atoms with Crippen molar-refractivity contribution in [3.05, 3.63) is 12.2 Å². The zero-order valence-corrected chi connectivity index (χ0v) is 9.36. The molecule has 0 aliphatic heterocycles. The summed E-state index contributed by atoms with van der Waals surface area (Å²) >= 11 is 0. The highest BCUT2D eigenvalue weighted by Gasteiger charge is 2.04. The molecule has 0 saturated heterocycles. The van der Waals surface area contributed by atoms with Gasteiger partial charge in [0, 0.05) is 5.57 Å². The van der Waals surface area contributed by atoms with E-state index in [9.17, 15) is 14.4 Å². The summed E-state index contributed by atoms with van der Waals surface area (Å²) in [4.78, 5) is 30.0. The average Bonchev–Trinajstić information content (AvgIpc) is 2.16. The molecule has 0 aromatic heterocycles. The summed E-state index contributed by atoms with van der Waals surface area (Å²) in [5, 5.41) is 16.0. The molecule has 16 heavy (non-hydrogen) atoms. The largest absolute Gasteiger partial charge is 0.481 e. The third kappa shape index (κ3) is 14.7. The Bertz CT molecular complexity index is 256. The summed E-state index contributed by atoms with van der Waals surface area (Å²) in [5.74, 6) is -2.37. The standard InChI is InChI=1S/C6H10O4.C4H6O2/c1-2-10-6(9)4-3-5(7)8;1-3(2)4(5)6/h2-4H2,1H3,(H,7,8);1H2,2H3,(H,5,6). The number of ether oxygens (including phenoxy) is 1. The lowest BCUT2D eigenvalue weighted by Gasteiger charge is -1.97. The summed E-state index contributed by atoms with van der Waals surface area (Å²) in [6.07, 6.45) is -0.192. The van der Waals surface area contributed by atoms with Crippen LogP contribution in [0.5, 0.6) is 0 Å². The van der Waals surface area contributed by atoms with Gasteiger partial charge in [-0.15, -0.1) is 0 Å². The molecule has 0 spiro atoms. The minimum Gasteiger partial charge on any atom is -0.481 e. The topological polar surface area (TPSA) is 101 Å². The smallest absolute Gasteiger partial charge is 0.330 e. The van der Waals surface area contributed by atoms with Crippen molar-refractivity contribution in [1.29, 1.82) is 0 Å². The van der Waals surface area contributed by atoms with Crippen LogP contribution in [0, 0.1) is 0 Å². The highest BCUT2D eigenvalue weighted by atomic mass is 16.5. The molecule has 0 bridgehead atoms. The van der Waals surface area contributed by atoms with Gasteiger partial charge >= 0.3 is 17.9 Å². The molecule has 2 N–H and O–H groups in total. The van der Waals surface area contributed by atoms with Crippen LogP contribution in [-0.4, -0.2) is 34.7 Å². The Morgan fingerprint density at radius 3 is 1.88 bits per heavy atom. The van der Waals surface area contributed by atoms with Gasteiger partial charge in [0.1, 0.15) is 0 Å². The molecule has 0 heterocycles. The molecule has 0 unspecified atom stereocenters. The van der Waals surface area contributed by atoms with Gasteiger partial charge < -0.3 is 14.9 Å². The van der Waals surface area contributed by atoms with E-state index in [1.54, 1.807) is 6.92 Å². The number of carbonyl (C=O) groups excluding carboxylic acids is 1. The number of rotatable bonds is 5. The van der Waals surface area contributed by atoms with Crippen LogP contribution in [0.3, 0.4) is 0 Å². The van der Waals surface area contributed by atoms with E-state index in [0.717, 1.165) is 0 Å². The second-order valence-electron chi connectivity index (χ2n) is 2.78. The summed E-state index contributed by atoms with van der Waals surface area (Å²) in [6.45, 7) is 6.59. The van der Waals surface area contributed by atoms with Crippen LogP contribution in [0.2, 0.25) is 0 Å². The van der Waals surface area contributed by atoms with E-state index < -0.39 is 17.9 Å². The molecule has 0 aliphatic rings.